The van der Waals surface area contributed by atoms with Crippen LogP contribution in [-0.2, 0) is 7.05 Å². The summed E-state index contributed by atoms with van der Waals surface area (Å²) in [6.45, 7) is 1.22. The molecule has 1 fully saturated rings. The Bertz CT molecular complexity index is 1510. The Balaban J connectivity index is 1.75. The number of hydrogen-bond donors (Lipinski definition) is 1. The first-order valence-corrected chi connectivity index (χ1v) is 11.2. The highest BCUT2D eigenvalue weighted by Crippen LogP contribution is 2.30. The summed E-state index contributed by atoms with van der Waals surface area (Å²) < 4.78 is 17.6. The second-order valence-electron chi connectivity index (χ2n) is 8.39. The fraction of sp³-hybridized carbons (Fsp3) is 0.250. The van der Waals surface area contributed by atoms with Crippen molar-refractivity contribution in [3.63, 3.8) is 0 Å². The third-order valence-electron chi connectivity index (χ3n) is 6.06. The normalized spacial score (nSPS) is 14.5. The Morgan fingerprint density at radius 1 is 1.21 bits per heavy atom. The Morgan fingerprint density at radius 3 is 2.68 bits per heavy atom. The summed E-state index contributed by atoms with van der Waals surface area (Å²) in [5.41, 5.74) is 7.12. The van der Waals surface area contributed by atoms with Gasteiger partial charge in [0.05, 0.1) is 16.8 Å². The van der Waals surface area contributed by atoms with Crippen LogP contribution in [0.15, 0.2) is 47.4 Å². The zero-order valence-electron chi connectivity index (χ0n) is 18.4. The van der Waals surface area contributed by atoms with Crippen LogP contribution >= 0.6 is 11.6 Å². The molecule has 2 aromatic heterocycles. The number of rotatable bonds is 3. The third kappa shape index (κ3) is 3.81. The van der Waals surface area contributed by atoms with Gasteiger partial charge >= 0.3 is 0 Å². The maximum absolute atomic E-state index is 14.6. The standard InChI is InChI=1S/C24H21ClFN7O/c1-31-13-16-10-18(4-5-20(16)30-31)33-22(14-2-3-15(12-27)19(26)11-14)29-23(21(25)24(33)34)32-8-6-17(28)7-9-32/h2-5,10-11,13,17H,6-9,28H2,1H3. The minimum absolute atomic E-state index is 0.0142. The molecule has 3 heterocycles. The van der Waals surface area contributed by atoms with E-state index in [0.29, 0.717) is 30.2 Å². The number of piperidine rings is 1. The van der Waals surface area contributed by atoms with Crippen molar-refractivity contribution in [3.05, 3.63) is 69.4 Å². The highest BCUT2D eigenvalue weighted by atomic mass is 35.5. The Hall–Kier alpha value is -3.74. The number of aryl methyl sites for hydroxylation is 1. The summed E-state index contributed by atoms with van der Waals surface area (Å²) in [7, 11) is 1.81. The van der Waals surface area contributed by atoms with E-state index in [0.717, 1.165) is 23.7 Å². The topological polar surface area (TPSA) is 106 Å². The van der Waals surface area contributed by atoms with Crippen LogP contribution in [0.1, 0.15) is 18.4 Å². The lowest BCUT2D eigenvalue weighted by molar-refractivity contribution is 0.498. The molecule has 0 saturated carbocycles. The van der Waals surface area contributed by atoms with E-state index in [1.54, 1.807) is 22.9 Å². The van der Waals surface area contributed by atoms with E-state index in [2.05, 4.69) is 5.10 Å². The number of anilines is 1. The molecule has 0 aliphatic carbocycles. The van der Waals surface area contributed by atoms with E-state index in [1.165, 1.54) is 16.7 Å². The molecule has 5 rings (SSSR count). The Morgan fingerprint density at radius 2 is 1.97 bits per heavy atom. The van der Waals surface area contributed by atoms with Crippen molar-refractivity contribution in [2.24, 2.45) is 12.8 Å². The molecule has 34 heavy (non-hydrogen) atoms. The molecular formula is C24H21ClFN7O. The second-order valence-corrected chi connectivity index (χ2v) is 8.77. The van der Waals surface area contributed by atoms with Gasteiger partial charge in [-0.05, 0) is 49.2 Å². The average Bonchev–Trinajstić information content (AvgIpc) is 3.20. The molecule has 0 spiro atoms. The third-order valence-corrected chi connectivity index (χ3v) is 6.39. The minimum atomic E-state index is -0.691. The number of hydrogen-bond acceptors (Lipinski definition) is 6. The molecule has 1 saturated heterocycles. The molecule has 1 aliphatic heterocycles. The van der Waals surface area contributed by atoms with Crippen molar-refractivity contribution in [2.75, 3.05) is 18.0 Å². The second kappa shape index (κ2) is 8.56. The number of nitrogens with zero attached hydrogens (tertiary/aromatic N) is 6. The molecule has 0 unspecified atom stereocenters. The van der Waals surface area contributed by atoms with Crippen LogP contribution in [0.25, 0.3) is 28.0 Å². The maximum atomic E-state index is 14.6. The highest BCUT2D eigenvalue weighted by molar-refractivity contribution is 6.32. The summed E-state index contributed by atoms with van der Waals surface area (Å²) in [6, 6.07) is 11.4. The van der Waals surface area contributed by atoms with Gasteiger partial charge in [0.15, 0.2) is 5.82 Å². The van der Waals surface area contributed by atoms with Crippen molar-refractivity contribution in [3.8, 4) is 23.1 Å². The van der Waals surface area contributed by atoms with Gasteiger partial charge in [-0.3, -0.25) is 14.0 Å². The molecule has 0 atom stereocenters. The van der Waals surface area contributed by atoms with Crippen molar-refractivity contribution in [1.82, 2.24) is 19.3 Å². The fourth-order valence-corrected chi connectivity index (χ4v) is 4.51. The largest absolute Gasteiger partial charge is 0.355 e. The number of nitriles is 1. The molecule has 4 aromatic rings. The molecule has 0 bridgehead atoms. The van der Waals surface area contributed by atoms with E-state index < -0.39 is 11.4 Å². The Labute approximate surface area is 199 Å². The summed E-state index contributed by atoms with van der Waals surface area (Å²) in [6.07, 6.45) is 3.34. The van der Waals surface area contributed by atoms with Crippen LogP contribution in [0.4, 0.5) is 10.2 Å². The first-order valence-electron chi connectivity index (χ1n) is 10.8. The zero-order chi connectivity index (χ0) is 24.0. The molecule has 1 aliphatic rings. The Kier molecular flexibility index (Phi) is 5.55. The average molecular weight is 478 g/mol. The van der Waals surface area contributed by atoms with Gasteiger partial charge in [-0.2, -0.15) is 10.4 Å². The van der Waals surface area contributed by atoms with Gasteiger partial charge in [0.25, 0.3) is 5.56 Å². The SMILES string of the molecule is Cn1cc2cc(-n3c(-c4ccc(C#N)c(F)c4)nc(N4CCC(N)CC4)c(Cl)c3=O)ccc2n1. The molecule has 2 aromatic carbocycles. The van der Waals surface area contributed by atoms with Crippen LogP contribution in [0.5, 0.6) is 0 Å². The first kappa shape index (κ1) is 22.1. The van der Waals surface area contributed by atoms with Gasteiger partial charge < -0.3 is 10.6 Å². The number of fused-ring (bicyclic) bond motifs is 1. The molecule has 172 valence electrons. The molecule has 10 heteroatoms. The minimum Gasteiger partial charge on any atom is -0.355 e. The fourth-order valence-electron chi connectivity index (χ4n) is 4.26. The molecule has 0 radical (unpaired) electrons. The van der Waals surface area contributed by atoms with Crippen LogP contribution in [0, 0.1) is 17.1 Å². The first-order chi connectivity index (χ1) is 16.4. The van der Waals surface area contributed by atoms with Gasteiger partial charge in [0.1, 0.15) is 22.7 Å². The number of benzene rings is 2. The molecular weight excluding hydrogens is 457 g/mol. The summed E-state index contributed by atoms with van der Waals surface area (Å²) in [5.74, 6) is -0.119. The summed E-state index contributed by atoms with van der Waals surface area (Å²) in [5, 5.41) is 14.3. The lowest BCUT2D eigenvalue weighted by Gasteiger charge is -2.32. The monoisotopic (exact) mass is 477 g/mol. The quantitative estimate of drug-likeness (QED) is 0.485. The number of aromatic nitrogens is 4. The van der Waals surface area contributed by atoms with Gasteiger partial charge in [0.2, 0.25) is 0 Å². The lowest BCUT2D eigenvalue weighted by atomic mass is 10.1. The lowest BCUT2D eigenvalue weighted by Crippen LogP contribution is -2.41. The maximum Gasteiger partial charge on any atom is 0.279 e. The van der Waals surface area contributed by atoms with Crippen LogP contribution in [-0.4, -0.2) is 38.5 Å². The van der Waals surface area contributed by atoms with Gasteiger partial charge in [0, 0.05) is 43.3 Å². The molecule has 2 N–H and O–H groups in total. The van der Waals surface area contributed by atoms with Crippen molar-refractivity contribution in [2.45, 2.75) is 18.9 Å². The highest BCUT2D eigenvalue weighted by Gasteiger charge is 2.25. The summed E-state index contributed by atoms with van der Waals surface area (Å²) in [4.78, 5) is 20.3. The number of halogens is 2. The predicted octanol–water partition coefficient (Wildman–Crippen LogP) is 3.38. The van der Waals surface area contributed by atoms with Crippen LogP contribution in [0.3, 0.4) is 0 Å². The predicted molar refractivity (Wildman–Crippen MR) is 129 cm³/mol. The van der Waals surface area contributed by atoms with Gasteiger partial charge in [-0.25, -0.2) is 9.37 Å². The van der Waals surface area contributed by atoms with Crippen LogP contribution in [0.2, 0.25) is 5.02 Å². The van der Waals surface area contributed by atoms with Crippen molar-refractivity contribution in [1.29, 1.82) is 5.26 Å². The molecule has 0 amide bonds. The van der Waals surface area contributed by atoms with E-state index in [9.17, 15) is 9.18 Å². The smallest absolute Gasteiger partial charge is 0.279 e. The molecule has 8 nitrogen and oxygen atoms in total. The van der Waals surface area contributed by atoms with E-state index in [-0.39, 0.29) is 22.5 Å². The van der Waals surface area contributed by atoms with E-state index >= 15 is 0 Å². The van der Waals surface area contributed by atoms with Crippen LogP contribution < -0.4 is 16.2 Å². The number of nitrogens with two attached hydrogens (primary N) is 1. The van der Waals surface area contributed by atoms with Gasteiger partial charge in [-0.15, -0.1) is 0 Å². The zero-order valence-corrected chi connectivity index (χ0v) is 19.1. The van der Waals surface area contributed by atoms with Crippen molar-refractivity contribution >= 4 is 28.3 Å². The van der Waals surface area contributed by atoms with E-state index in [4.69, 9.17) is 27.6 Å². The van der Waals surface area contributed by atoms with Crippen molar-refractivity contribution < 1.29 is 4.39 Å². The van der Waals surface area contributed by atoms with Gasteiger partial charge in [-0.1, -0.05) is 11.6 Å². The van der Waals surface area contributed by atoms with E-state index in [1.807, 2.05) is 30.3 Å². The summed E-state index contributed by atoms with van der Waals surface area (Å²) >= 11 is 6.58.